The first-order chi connectivity index (χ1) is 9.02. The third kappa shape index (κ3) is 5.61. The molecule has 0 aromatic heterocycles. The van der Waals surface area contributed by atoms with Gasteiger partial charge in [-0.3, -0.25) is 4.79 Å². The molecule has 1 aromatic rings. The highest BCUT2D eigenvalue weighted by atomic mass is 19.3. The molecule has 0 unspecified atom stereocenters. The summed E-state index contributed by atoms with van der Waals surface area (Å²) in [5.74, 6) is -0.532. The second kappa shape index (κ2) is 7.63. The molecule has 0 fully saturated rings. The molecular weight excluding hydrogens is 252 g/mol. The fraction of sp³-hybridized carbons (Fsp3) is 0.357. The van der Waals surface area contributed by atoms with Gasteiger partial charge in [0, 0.05) is 12.6 Å². The molecule has 19 heavy (non-hydrogen) atoms. The van der Waals surface area contributed by atoms with Crippen LogP contribution in [0.1, 0.15) is 11.1 Å². The number of aliphatic hydroxyl groups excluding tert-OH is 1. The predicted molar refractivity (Wildman–Crippen MR) is 69.9 cm³/mol. The van der Waals surface area contributed by atoms with E-state index < -0.39 is 18.9 Å². The van der Waals surface area contributed by atoms with Crippen LogP contribution in [0.15, 0.2) is 30.3 Å². The van der Waals surface area contributed by atoms with Crippen molar-refractivity contribution in [2.45, 2.75) is 13.3 Å². The molecule has 5 heteroatoms. The third-order valence-electron chi connectivity index (χ3n) is 2.50. The topological polar surface area (TPSA) is 40.5 Å². The van der Waals surface area contributed by atoms with Gasteiger partial charge in [0.1, 0.15) is 0 Å². The standard InChI is InChI=1S/C14H17F2NO2/c1-11-3-2-4-12(9-11)5-6-14(19)17(7-8-18)10-13(15)16/h2-6,9,13,18H,7-8,10H2,1H3/b6-5+. The van der Waals surface area contributed by atoms with Crippen molar-refractivity contribution in [3.8, 4) is 0 Å². The van der Waals surface area contributed by atoms with Crippen LogP contribution in [0, 0.1) is 6.92 Å². The zero-order valence-electron chi connectivity index (χ0n) is 10.7. The zero-order chi connectivity index (χ0) is 14.3. The number of aliphatic hydroxyl groups is 1. The fourth-order valence-electron chi connectivity index (χ4n) is 1.63. The van der Waals surface area contributed by atoms with Crippen LogP contribution >= 0.6 is 0 Å². The molecule has 0 saturated carbocycles. The molecule has 1 N–H and O–H groups in total. The minimum Gasteiger partial charge on any atom is -0.395 e. The maximum atomic E-state index is 12.3. The van der Waals surface area contributed by atoms with Gasteiger partial charge in [-0.15, -0.1) is 0 Å². The third-order valence-corrected chi connectivity index (χ3v) is 2.50. The van der Waals surface area contributed by atoms with Gasteiger partial charge >= 0.3 is 0 Å². The fourth-order valence-corrected chi connectivity index (χ4v) is 1.63. The molecule has 0 heterocycles. The average molecular weight is 269 g/mol. The minimum atomic E-state index is -2.61. The van der Waals surface area contributed by atoms with Crippen LogP contribution < -0.4 is 0 Å². The normalized spacial score (nSPS) is 11.2. The number of halogens is 2. The van der Waals surface area contributed by atoms with Crippen LogP contribution in [0.2, 0.25) is 0 Å². The number of carbonyl (C=O) groups is 1. The summed E-state index contributed by atoms with van der Waals surface area (Å²) in [6.45, 7) is 0.823. The van der Waals surface area contributed by atoms with Crippen LogP contribution in [0.25, 0.3) is 6.08 Å². The first-order valence-corrected chi connectivity index (χ1v) is 5.95. The number of hydrogen-bond donors (Lipinski definition) is 1. The molecule has 0 saturated heterocycles. The van der Waals surface area contributed by atoms with E-state index in [0.717, 1.165) is 16.0 Å². The van der Waals surface area contributed by atoms with E-state index in [1.165, 1.54) is 6.08 Å². The summed E-state index contributed by atoms with van der Waals surface area (Å²) in [4.78, 5) is 12.6. The molecule has 0 aliphatic heterocycles. The summed E-state index contributed by atoms with van der Waals surface area (Å²) in [7, 11) is 0. The molecule has 3 nitrogen and oxygen atoms in total. The quantitative estimate of drug-likeness (QED) is 0.803. The van der Waals surface area contributed by atoms with Crippen LogP contribution in [0.4, 0.5) is 8.78 Å². The van der Waals surface area contributed by atoms with Crippen molar-refractivity contribution >= 4 is 12.0 Å². The number of benzene rings is 1. The van der Waals surface area contributed by atoms with Gasteiger partial charge in [0.25, 0.3) is 6.43 Å². The lowest BCUT2D eigenvalue weighted by molar-refractivity contribution is -0.128. The van der Waals surface area contributed by atoms with Crippen LogP contribution in [-0.4, -0.2) is 42.0 Å². The Kier molecular flexibility index (Phi) is 6.15. The Hall–Kier alpha value is -1.75. The van der Waals surface area contributed by atoms with E-state index in [4.69, 9.17) is 5.11 Å². The summed E-state index contributed by atoms with van der Waals surface area (Å²) in [6.07, 6.45) is 0.209. The smallest absolute Gasteiger partial charge is 0.255 e. The number of alkyl halides is 2. The summed E-state index contributed by atoms with van der Waals surface area (Å²) in [5, 5.41) is 8.76. The van der Waals surface area contributed by atoms with Crippen molar-refractivity contribution in [3.63, 3.8) is 0 Å². The Morgan fingerprint density at radius 2 is 2.21 bits per heavy atom. The monoisotopic (exact) mass is 269 g/mol. The molecule has 0 aliphatic carbocycles. The minimum absolute atomic E-state index is 0.0959. The maximum absolute atomic E-state index is 12.3. The number of aryl methyl sites for hydroxylation is 1. The molecule has 1 amide bonds. The summed E-state index contributed by atoms with van der Waals surface area (Å²) in [5.41, 5.74) is 1.88. The van der Waals surface area contributed by atoms with Crippen molar-refractivity contribution in [2.75, 3.05) is 19.7 Å². The largest absolute Gasteiger partial charge is 0.395 e. The Morgan fingerprint density at radius 1 is 1.47 bits per heavy atom. The molecule has 0 aliphatic rings. The molecule has 1 aromatic carbocycles. The first kappa shape index (κ1) is 15.3. The first-order valence-electron chi connectivity index (χ1n) is 5.95. The molecule has 0 radical (unpaired) electrons. The predicted octanol–water partition coefficient (Wildman–Crippen LogP) is 2.09. The summed E-state index contributed by atoms with van der Waals surface area (Å²) in [6, 6.07) is 7.48. The number of amides is 1. The highest BCUT2D eigenvalue weighted by molar-refractivity contribution is 5.91. The van der Waals surface area contributed by atoms with E-state index in [0.29, 0.717) is 0 Å². The van der Waals surface area contributed by atoms with Crippen LogP contribution in [0.5, 0.6) is 0 Å². The lowest BCUT2D eigenvalue weighted by Crippen LogP contribution is -2.36. The lowest BCUT2D eigenvalue weighted by Gasteiger charge is -2.19. The molecule has 0 bridgehead atoms. The molecule has 1 rings (SSSR count). The van der Waals surface area contributed by atoms with Crippen molar-refractivity contribution in [1.82, 2.24) is 4.90 Å². The van der Waals surface area contributed by atoms with Crippen LogP contribution in [0.3, 0.4) is 0 Å². The van der Waals surface area contributed by atoms with Crippen molar-refractivity contribution < 1.29 is 18.7 Å². The second-order valence-electron chi connectivity index (χ2n) is 4.15. The zero-order valence-corrected chi connectivity index (χ0v) is 10.7. The number of nitrogens with zero attached hydrogens (tertiary/aromatic N) is 1. The van der Waals surface area contributed by atoms with Gasteiger partial charge in [0.2, 0.25) is 5.91 Å². The van der Waals surface area contributed by atoms with E-state index in [1.54, 1.807) is 6.08 Å². The molecule has 0 spiro atoms. The number of carbonyl (C=O) groups excluding carboxylic acids is 1. The van der Waals surface area contributed by atoms with Gasteiger partial charge in [-0.1, -0.05) is 29.8 Å². The Labute approximate surface area is 111 Å². The number of rotatable bonds is 6. The van der Waals surface area contributed by atoms with Crippen molar-refractivity contribution in [3.05, 3.63) is 41.5 Å². The van der Waals surface area contributed by atoms with Gasteiger partial charge in [0.05, 0.1) is 13.2 Å². The Morgan fingerprint density at radius 3 is 2.79 bits per heavy atom. The van der Waals surface area contributed by atoms with Crippen molar-refractivity contribution in [2.24, 2.45) is 0 Å². The second-order valence-corrected chi connectivity index (χ2v) is 4.15. The van der Waals surface area contributed by atoms with Gasteiger partial charge in [-0.25, -0.2) is 8.78 Å². The average Bonchev–Trinajstić information content (AvgIpc) is 2.35. The van der Waals surface area contributed by atoms with Gasteiger partial charge < -0.3 is 10.0 Å². The SMILES string of the molecule is Cc1cccc(/C=C/C(=O)N(CCO)CC(F)F)c1. The van der Waals surface area contributed by atoms with Gasteiger partial charge in [-0.2, -0.15) is 0 Å². The molecule has 104 valence electrons. The van der Waals surface area contributed by atoms with E-state index in [-0.39, 0.29) is 13.2 Å². The highest BCUT2D eigenvalue weighted by Gasteiger charge is 2.15. The molecule has 0 atom stereocenters. The van der Waals surface area contributed by atoms with E-state index in [1.807, 2.05) is 31.2 Å². The number of hydrogen-bond acceptors (Lipinski definition) is 2. The highest BCUT2D eigenvalue weighted by Crippen LogP contribution is 2.07. The van der Waals surface area contributed by atoms with Gasteiger partial charge in [0.15, 0.2) is 0 Å². The maximum Gasteiger partial charge on any atom is 0.255 e. The van der Waals surface area contributed by atoms with Gasteiger partial charge in [-0.05, 0) is 18.6 Å². The van der Waals surface area contributed by atoms with Crippen LogP contribution in [-0.2, 0) is 4.79 Å². The Bertz CT molecular complexity index is 447. The Balaban J connectivity index is 2.70. The van der Waals surface area contributed by atoms with E-state index in [9.17, 15) is 13.6 Å². The summed E-state index contributed by atoms with van der Waals surface area (Å²) < 4.78 is 24.6. The lowest BCUT2D eigenvalue weighted by atomic mass is 10.1. The van der Waals surface area contributed by atoms with Crippen molar-refractivity contribution in [1.29, 1.82) is 0 Å². The summed E-state index contributed by atoms with van der Waals surface area (Å²) >= 11 is 0. The molecular formula is C14H17F2NO2. The van der Waals surface area contributed by atoms with E-state index >= 15 is 0 Å². The van der Waals surface area contributed by atoms with E-state index in [2.05, 4.69) is 0 Å².